The normalized spacial score (nSPS) is 10.3. The zero-order chi connectivity index (χ0) is 14.9. The molecule has 0 aliphatic rings. The second kappa shape index (κ2) is 5.08. The minimum absolute atomic E-state index is 0.0960. The first-order chi connectivity index (χ1) is 9.36. The molecule has 0 fully saturated rings. The van der Waals surface area contributed by atoms with Crippen LogP contribution in [-0.2, 0) is 0 Å². The molecule has 0 amide bonds. The fourth-order valence-electron chi connectivity index (χ4n) is 1.61. The maximum atomic E-state index is 13.0. The number of rotatable bonds is 3. The van der Waals surface area contributed by atoms with Gasteiger partial charge in [0, 0.05) is 41.3 Å². The maximum Gasteiger partial charge on any atom is 0.273 e. The summed E-state index contributed by atoms with van der Waals surface area (Å²) in [5.41, 5.74) is 5.36. The molecule has 0 saturated carbocycles. The van der Waals surface area contributed by atoms with E-state index in [9.17, 15) is 23.3 Å². The quantitative estimate of drug-likeness (QED) is 0.392. The second-order valence-corrected chi connectivity index (χ2v) is 3.95. The van der Waals surface area contributed by atoms with Gasteiger partial charge in [0.25, 0.3) is 5.69 Å². The Balaban J connectivity index is 2.37. The molecular weight excluding hydrogens is 275 g/mol. The molecular formula is C12H8F3N3O2. The largest absolute Gasteiger partial charge is 0.398 e. The molecule has 5 nitrogen and oxygen atoms in total. The van der Waals surface area contributed by atoms with E-state index in [1.165, 1.54) is 6.07 Å². The fourth-order valence-corrected chi connectivity index (χ4v) is 1.61. The SMILES string of the molecule is Nc1cc(Nc2cc(F)c(F)c(F)c2)cc([N+](=O)[O-])c1. The highest BCUT2D eigenvalue weighted by Crippen LogP contribution is 2.26. The minimum atomic E-state index is -1.59. The lowest BCUT2D eigenvalue weighted by Crippen LogP contribution is -1.98. The van der Waals surface area contributed by atoms with Crippen molar-refractivity contribution in [3.63, 3.8) is 0 Å². The Morgan fingerprint density at radius 2 is 1.55 bits per heavy atom. The van der Waals surface area contributed by atoms with Crippen LogP contribution in [-0.4, -0.2) is 4.92 Å². The Labute approximate surface area is 111 Å². The zero-order valence-corrected chi connectivity index (χ0v) is 9.86. The molecule has 8 heteroatoms. The van der Waals surface area contributed by atoms with Crippen LogP contribution in [0.3, 0.4) is 0 Å². The van der Waals surface area contributed by atoms with Crippen LogP contribution in [0.5, 0.6) is 0 Å². The molecule has 0 heterocycles. The minimum Gasteiger partial charge on any atom is -0.398 e. The lowest BCUT2D eigenvalue weighted by atomic mass is 10.2. The summed E-state index contributed by atoms with van der Waals surface area (Å²) in [6.07, 6.45) is 0. The van der Waals surface area contributed by atoms with Crippen LogP contribution in [0.2, 0.25) is 0 Å². The summed E-state index contributed by atoms with van der Waals surface area (Å²) in [5.74, 6) is -4.33. The Morgan fingerprint density at radius 1 is 1.00 bits per heavy atom. The summed E-state index contributed by atoms with van der Waals surface area (Å²) in [7, 11) is 0. The van der Waals surface area contributed by atoms with Crippen molar-refractivity contribution in [1.82, 2.24) is 0 Å². The van der Waals surface area contributed by atoms with Crippen molar-refractivity contribution in [2.24, 2.45) is 0 Å². The highest BCUT2D eigenvalue weighted by molar-refractivity contribution is 5.67. The number of anilines is 3. The smallest absolute Gasteiger partial charge is 0.273 e. The van der Waals surface area contributed by atoms with Crippen LogP contribution in [0.15, 0.2) is 30.3 Å². The van der Waals surface area contributed by atoms with E-state index < -0.39 is 22.4 Å². The molecule has 104 valence electrons. The number of nitrogens with two attached hydrogens (primary N) is 1. The molecule has 0 aliphatic heterocycles. The Kier molecular flexibility index (Phi) is 3.47. The van der Waals surface area contributed by atoms with Crippen molar-refractivity contribution in [3.05, 3.63) is 57.9 Å². The Morgan fingerprint density at radius 3 is 2.10 bits per heavy atom. The molecule has 0 unspecified atom stereocenters. The van der Waals surface area contributed by atoms with Gasteiger partial charge in [-0.2, -0.15) is 0 Å². The van der Waals surface area contributed by atoms with Gasteiger partial charge in [0.2, 0.25) is 0 Å². The summed E-state index contributed by atoms with van der Waals surface area (Å²) >= 11 is 0. The number of benzene rings is 2. The van der Waals surface area contributed by atoms with E-state index in [1.54, 1.807) is 0 Å². The molecule has 0 saturated heterocycles. The topological polar surface area (TPSA) is 81.2 Å². The number of nitrogens with one attached hydrogen (secondary N) is 1. The van der Waals surface area contributed by atoms with Crippen molar-refractivity contribution in [2.75, 3.05) is 11.1 Å². The molecule has 20 heavy (non-hydrogen) atoms. The molecule has 0 aliphatic carbocycles. The summed E-state index contributed by atoms with van der Waals surface area (Å²) in [6.45, 7) is 0. The van der Waals surface area contributed by atoms with Gasteiger partial charge in [0.05, 0.1) is 4.92 Å². The zero-order valence-electron chi connectivity index (χ0n) is 9.86. The lowest BCUT2D eigenvalue weighted by Gasteiger charge is -2.08. The highest BCUT2D eigenvalue weighted by atomic mass is 19.2. The average molecular weight is 283 g/mol. The van der Waals surface area contributed by atoms with Crippen LogP contribution >= 0.6 is 0 Å². The molecule has 0 bridgehead atoms. The van der Waals surface area contributed by atoms with Crippen molar-refractivity contribution in [3.8, 4) is 0 Å². The van der Waals surface area contributed by atoms with Crippen LogP contribution in [0.25, 0.3) is 0 Å². The van der Waals surface area contributed by atoms with Gasteiger partial charge < -0.3 is 11.1 Å². The van der Waals surface area contributed by atoms with Crippen molar-refractivity contribution >= 4 is 22.7 Å². The summed E-state index contributed by atoms with van der Waals surface area (Å²) in [6, 6.07) is 5.07. The lowest BCUT2D eigenvalue weighted by molar-refractivity contribution is -0.384. The highest BCUT2D eigenvalue weighted by Gasteiger charge is 2.12. The maximum absolute atomic E-state index is 13.0. The molecule has 2 aromatic rings. The first kappa shape index (κ1) is 13.7. The van der Waals surface area contributed by atoms with E-state index >= 15 is 0 Å². The van der Waals surface area contributed by atoms with Gasteiger partial charge in [0.1, 0.15) is 0 Å². The first-order valence-corrected chi connectivity index (χ1v) is 5.33. The number of non-ortho nitro benzene ring substituents is 1. The van der Waals surface area contributed by atoms with Crippen molar-refractivity contribution < 1.29 is 18.1 Å². The third kappa shape index (κ3) is 2.79. The van der Waals surface area contributed by atoms with Gasteiger partial charge in [-0.1, -0.05) is 0 Å². The van der Waals surface area contributed by atoms with Gasteiger partial charge in [-0.05, 0) is 6.07 Å². The van der Waals surface area contributed by atoms with Crippen LogP contribution in [0, 0.1) is 27.6 Å². The molecule has 2 aromatic carbocycles. The van der Waals surface area contributed by atoms with Crippen molar-refractivity contribution in [1.29, 1.82) is 0 Å². The molecule has 3 N–H and O–H groups in total. The number of nitrogen functional groups attached to an aromatic ring is 1. The summed E-state index contributed by atoms with van der Waals surface area (Å²) in [5, 5.41) is 13.2. The first-order valence-electron chi connectivity index (χ1n) is 5.33. The second-order valence-electron chi connectivity index (χ2n) is 3.95. The van der Waals surface area contributed by atoms with E-state index in [2.05, 4.69) is 5.32 Å². The number of halogens is 3. The summed E-state index contributed by atoms with van der Waals surface area (Å²) < 4.78 is 38.9. The van der Waals surface area contributed by atoms with Crippen LogP contribution < -0.4 is 11.1 Å². The molecule has 0 spiro atoms. The van der Waals surface area contributed by atoms with Gasteiger partial charge in [-0.3, -0.25) is 10.1 Å². The number of hydrogen-bond acceptors (Lipinski definition) is 4. The van der Waals surface area contributed by atoms with E-state index in [0.717, 1.165) is 24.3 Å². The van der Waals surface area contributed by atoms with Gasteiger partial charge in [-0.25, -0.2) is 13.2 Å². The van der Waals surface area contributed by atoms with Crippen molar-refractivity contribution in [2.45, 2.75) is 0 Å². The number of nitrogens with zero attached hydrogens (tertiary/aromatic N) is 1. The van der Waals surface area contributed by atoms with E-state index in [1.807, 2.05) is 0 Å². The average Bonchev–Trinajstić information content (AvgIpc) is 2.35. The predicted octanol–water partition coefficient (Wildman–Crippen LogP) is 3.34. The number of hydrogen-bond donors (Lipinski definition) is 2. The number of nitro groups is 1. The third-order valence-electron chi connectivity index (χ3n) is 2.42. The van der Waals surface area contributed by atoms with E-state index in [4.69, 9.17) is 5.73 Å². The molecule has 0 atom stereocenters. The van der Waals surface area contributed by atoms with Crippen LogP contribution in [0.4, 0.5) is 35.9 Å². The Bertz CT molecular complexity index is 669. The predicted molar refractivity (Wildman–Crippen MR) is 67.1 cm³/mol. The van der Waals surface area contributed by atoms with E-state index in [-0.39, 0.29) is 22.7 Å². The Hall–Kier alpha value is -2.77. The van der Waals surface area contributed by atoms with Gasteiger partial charge in [0.15, 0.2) is 17.5 Å². The molecule has 0 radical (unpaired) electrons. The third-order valence-corrected chi connectivity index (χ3v) is 2.42. The molecule has 2 rings (SSSR count). The van der Waals surface area contributed by atoms with E-state index in [0.29, 0.717) is 0 Å². The summed E-state index contributed by atoms with van der Waals surface area (Å²) in [4.78, 5) is 10.0. The molecule has 0 aromatic heterocycles. The standard InChI is InChI=1S/C12H8F3N3O2/c13-10-4-8(5-11(14)12(10)15)17-7-1-6(16)2-9(3-7)18(19)20/h1-5,17H,16H2. The van der Waals surface area contributed by atoms with Gasteiger partial charge in [-0.15, -0.1) is 0 Å². The number of nitro benzene ring substituents is 1. The van der Waals surface area contributed by atoms with Gasteiger partial charge >= 0.3 is 0 Å². The van der Waals surface area contributed by atoms with Crippen LogP contribution in [0.1, 0.15) is 0 Å². The monoisotopic (exact) mass is 283 g/mol. The fraction of sp³-hybridized carbons (Fsp3) is 0.